The molecule has 280 valence electrons. The summed E-state index contributed by atoms with van der Waals surface area (Å²) in [6.45, 7) is 8.45. The number of fused-ring (bicyclic) bond motifs is 2. The van der Waals surface area contributed by atoms with E-state index in [9.17, 15) is 19.8 Å². The molecule has 9 heteroatoms. The number of anilines is 1. The molecule has 0 aromatic heterocycles. The Balaban J connectivity index is 1.23. The number of carbonyl (C=O) groups excluding carboxylic acids is 2. The molecule has 0 spiro atoms. The Morgan fingerprint density at radius 3 is 2.46 bits per heavy atom. The van der Waals surface area contributed by atoms with E-state index in [1.54, 1.807) is 19.1 Å². The summed E-state index contributed by atoms with van der Waals surface area (Å²) in [5.41, 5.74) is 5.56. The fraction of sp³-hybridized carbons (Fsp3) is 0.535. The van der Waals surface area contributed by atoms with Crippen LogP contribution in [0.25, 0.3) is 11.1 Å². The first-order valence-corrected chi connectivity index (χ1v) is 18.9. The second-order valence-electron chi connectivity index (χ2n) is 16.1. The largest absolute Gasteiger partial charge is 0.496 e. The van der Waals surface area contributed by atoms with E-state index in [4.69, 9.17) is 9.57 Å². The highest BCUT2D eigenvalue weighted by Gasteiger charge is 2.57. The minimum Gasteiger partial charge on any atom is -0.496 e. The lowest BCUT2D eigenvalue weighted by Gasteiger charge is -2.62. The zero-order valence-corrected chi connectivity index (χ0v) is 31.8. The number of ether oxygens (including phenoxy) is 1. The molecule has 0 unspecified atom stereocenters. The van der Waals surface area contributed by atoms with Crippen molar-refractivity contribution in [3.05, 3.63) is 83.4 Å². The summed E-state index contributed by atoms with van der Waals surface area (Å²) in [5, 5.41) is 26.2. The Morgan fingerprint density at radius 2 is 1.83 bits per heavy atom. The van der Waals surface area contributed by atoms with Crippen LogP contribution >= 0.6 is 0 Å². The molecule has 7 rings (SSSR count). The number of rotatable bonds is 14. The summed E-state index contributed by atoms with van der Waals surface area (Å²) < 4.78 is 6.05. The number of aryl methyl sites for hydroxylation is 1. The van der Waals surface area contributed by atoms with Gasteiger partial charge in [-0.1, -0.05) is 75.4 Å². The lowest BCUT2D eigenvalue weighted by Crippen LogP contribution is -2.62. The van der Waals surface area contributed by atoms with Gasteiger partial charge in [-0.2, -0.15) is 5.06 Å². The van der Waals surface area contributed by atoms with Crippen molar-refractivity contribution in [2.45, 2.75) is 90.6 Å². The maximum absolute atomic E-state index is 14.2. The molecule has 3 aromatic carbocycles. The van der Waals surface area contributed by atoms with Crippen LogP contribution in [0.15, 0.2) is 66.7 Å². The summed E-state index contributed by atoms with van der Waals surface area (Å²) in [7, 11) is 5.51. The smallest absolute Gasteiger partial charge is 0.240 e. The number of carbonyl (C=O) groups is 2. The maximum Gasteiger partial charge on any atom is 0.240 e. The van der Waals surface area contributed by atoms with Crippen molar-refractivity contribution in [1.29, 1.82) is 0 Å². The Hall–Kier alpha value is -3.76. The van der Waals surface area contributed by atoms with Crippen LogP contribution in [-0.4, -0.2) is 79.1 Å². The van der Waals surface area contributed by atoms with Gasteiger partial charge in [0.1, 0.15) is 17.9 Å². The molecule has 4 fully saturated rings. The monoisotopic (exact) mass is 711 g/mol. The Kier molecular flexibility index (Phi) is 11.5. The van der Waals surface area contributed by atoms with Crippen LogP contribution in [0.5, 0.6) is 5.75 Å². The average molecular weight is 712 g/mol. The maximum atomic E-state index is 14.2. The number of aliphatic hydroxyl groups is 2. The van der Waals surface area contributed by atoms with E-state index < -0.39 is 24.2 Å². The second-order valence-corrected chi connectivity index (χ2v) is 16.1. The molecule has 3 aromatic rings. The standard InChI is InChI=1S/C43H57N3O6/c1-26-34-22-31(43(34,3)4)23-35(26)44-42(50)40-39(27(2)48)38(25-47)52-46(40)24-30-16-12-17-32(41(30)51-7)29-19-20-33(36(21-29)45(5)6)37(49)18-11-15-28-13-9-8-10-14-28/h8-10,12-14,16-17,19-21,26-27,31,34-35,38-40,47-48H,11,15,18,22-25H2,1-7H3,(H,44,50)/t26-,27-,31-,34-,35-,38-,39-,40-/m0/s1. The number of hydrogen-bond acceptors (Lipinski definition) is 8. The summed E-state index contributed by atoms with van der Waals surface area (Å²) in [6, 6.07) is 21.2. The third-order valence-corrected chi connectivity index (χ3v) is 12.5. The molecule has 2 bridgehead atoms. The predicted octanol–water partition coefficient (Wildman–Crippen LogP) is 6.29. The van der Waals surface area contributed by atoms with Crippen LogP contribution in [-0.2, 0) is 22.6 Å². The van der Waals surface area contributed by atoms with Gasteiger partial charge in [0.15, 0.2) is 5.78 Å². The first kappa shape index (κ1) is 38.0. The molecular formula is C43H57N3O6. The molecule has 3 N–H and O–H groups in total. The third-order valence-electron chi connectivity index (χ3n) is 12.5. The molecule has 1 amide bonds. The molecule has 8 atom stereocenters. The highest BCUT2D eigenvalue weighted by molar-refractivity contribution is 6.02. The number of para-hydroxylation sites is 1. The number of amides is 1. The van der Waals surface area contributed by atoms with Crippen molar-refractivity contribution in [2.75, 3.05) is 32.7 Å². The van der Waals surface area contributed by atoms with E-state index in [2.05, 4.69) is 38.2 Å². The van der Waals surface area contributed by atoms with Crippen LogP contribution in [0, 0.1) is 29.1 Å². The summed E-state index contributed by atoms with van der Waals surface area (Å²) >= 11 is 0. The number of benzene rings is 3. The zero-order chi connectivity index (χ0) is 37.3. The van der Waals surface area contributed by atoms with E-state index in [-0.39, 0.29) is 30.9 Å². The number of aliphatic hydroxyl groups excluding tert-OH is 2. The molecule has 4 aliphatic rings. The Labute approximate surface area is 309 Å². The fourth-order valence-electron chi connectivity index (χ4n) is 9.37. The van der Waals surface area contributed by atoms with Crippen LogP contribution in [0.3, 0.4) is 0 Å². The van der Waals surface area contributed by atoms with Gasteiger partial charge in [0.05, 0.1) is 26.4 Å². The highest BCUT2D eigenvalue weighted by Crippen LogP contribution is 2.61. The molecule has 1 aliphatic heterocycles. The van der Waals surface area contributed by atoms with Crippen molar-refractivity contribution < 1.29 is 29.4 Å². The van der Waals surface area contributed by atoms with Gasteiger partial charge in [-0.3, -0.25) is 14.4 Å². The van der Waals surface area contributed by atoms with Crippen LogP contribution in [0.1, 0.15) is 74.9 Å². The minimum atomic E-state index is -0.883. The zero-order valence-electron chi connectivity index (χ0n) is 31.8. The quantitative estimate of drug-likeness (QED) is 0.167. The van der Waals surface area contributed by atoms with Crippen LogP contribution < -0.4 is 15.0 Å². The van der Waals surface area contributed by atoms with Gasteiger partial charge in [0.25, 0.3) is 0 Å². The number of nitrogens with zero attached hydrogens (tertiary/aromatic N) is 2. The van der Waals surface area contributed by atoms with Crippen molar-refractivity contribution in [1.82, 2.24) is 10.4 Å². The van der Waals surface area contributed by atoms with Crippen molar-refractivity contribution >= 4 is 17.4 Å². The number of nitrogens with one attached hydrogen (secondary N) is 1. The summed E-state index contributed by atoms with van der Waals surface area (Å²) in [4.78, 5) is 35.9. The first-order valence-electron chi connectivity index (χ1n) is 18.9. The lowest BCUT2D eigenvalue weighted by molar-refractivity contribution is -0.183. The first-order chi connectivity index (χ1) is 24.8. The summed E-state index contributed by atoms with van der Waals surface area (Å²) in [5.74, 6) is 1.42. The topological polar surface area (TPSA) is 112 Å². The van der Waals surface area contributed by atoms with Crippen molar-refractivity contribution in [3.63, 3.8) is 0 Å². The van der Waals surface area contributed by atoms with Gasteiger partial charge in [-0.05, 0) is 79.0 Å². The molecule has 52 heavy (non-hydrogen) atoms. The molecule has 3 aliphatic carbocycles. The van der Waals surface area contributed by atoms with Gasteiger partial charge in [-0.25, -0.2) is 0 Å². The van der Waals surface area contributed by atoms with Crippen LogP contribution in [0.2, 0.25) is 0 Å². The number of hydroxylamine groups is 2. The Bertz CT molecular complexity index is 1720. The van der Waals surface area contributed by atoms with Gasteiger partial charge in [-0.15, -0.1) is 0 Å². The van der Waals surface area contributed by atoms with Crippen molar-refractivity contribution in [3.8, 4) is 16.9 Å². The third kappa shape index (κ3) is 7.38. The average Bonchev–Trinajstić information content (AvgIpc) is 3.50. The molecular weight excluding hydrogens is 654 g/mol. The molecule has 1 heterocycles. The number of ketones is 1. The van der Waals surface area contributed by atoms with Crippen LogP contribution in [0.4, 0.5) is 5.69 Å². The van der Waals surface area contributed by atoms with Gasteiger partial charge in [0, 0.05) is 54.9 Å². The molecule has 1 saturated heterocycles. The molecule has 9 nitrogen and oxygen atoms in total. The van der Waals surface area contributed by atoms with Gasteiger partial charge in [0.2, 0.25) is 5.91 Å². The SMILES string of the molecule is COc1c(CN2O[C@@H](CO)[C@H]([C@H](C)O)[C@H]2C(=O)N[C@H]2C[C@@H]3C[C@@H]([C@@H]2C)C3(C)C)cccc1-c1ccc(C(=O)CCCc2ccccc2)c(N(C)C)c1. The summed E-state index contributed by atoms with van der Waals surface area (Å²) in [6.07, 6.45) is 2.62. The Morgan fingerprint density at radius 1 is 1.08 bits per heavy atom. The van der Waals surface area contributed by atoms with E-state index >= 15 is 0 Å². The fourth-order valence-corrected chi connectivity index (χ4v) is 9.37. The molecule has 3 saturated carbocycles. The van der Waals surface area contributed by atoms with Gasteiger partial charge >= 0.3 is 0 Å². The van der Waals surface area contributed by atoms with E-state index in [0.717, 1.165) is 41.6 Å². The van der Waals surface area contributed by atoms with E-state index in [1.165, 1.54) is 12.0 Å². The molecule has 0 radical (unpaired) electrons. The van der Waals surface area contributed by atoms with E-state index in [1.807, 2.05) is 73.6 Å². The minimum absolute atomic E-state index is 0.0522. The lowest BCUT2D eigenvalue weighted by atomic mass is 9.45. The normalized spacial score (nSPS) is 27.1. The number of methoxy groups -OCH3 is 1. The van der Waals surface area contributed by atoms with Gasteiger partial charge < -0.3 is 25.2 Å². The second kappa shape index (κ2) is 15.7. The highest BCUT2D eigenvalue weighted by atomic mass is 16.7. The van der Waals surface area contributed by atoms with E-state index in [0.29, 0.717) is 40.9 Å². The number of hydrogen-bond donors (Lipinski definition) is 3. The van der Waals surface area contributed by atoms with Crippen molar-refractivity contribution in [2.24, 2.45) is 29.1 Å². The predicted molar refractivity (Wildman–Crippen MR) is 204 cm³/mol. The number of Topliss-reactive ketones (excluding diaryl/α,β-unsaturated/α-hetero) is 1.